The standard InChI is InChI=1S/C18H31N3O.C4H6O4/c1-18(2,3)15-7-10-20(11-8-15)12-13-22-17-14-16-6-4-5-9-21(16)19-17;1-2-3-4-6-8-7-5/h14-15H,4-13H2,1-3H3;5H,4H2,1H3. The van der Waals surface area contributed by atoms with Gasteiger partial charge in [-0.1, -0.05) is 26.7 Å². The molecule has 0 amide bonds. The number of aromatic nitrogens is 2. The van der Waals surface area contributed by atoms with Crippen LogP contribution >= 0.6 is 0 Å². The minimum Gasteiger partial charge on any atom is -0.475 e. The third-order valence-corrected chi connectivity index (χ3v) is 5.75. The Labute approximate surface area is 180 Å². The van der Waals surface area contributed by atoms with Gasteiger partial charge in [-0.05, 0) is 73.5 Å². The van der Waals surface area contributed by atoms with Crippen molar-refractivity contribution in [1.82, 2.24) is 14.7 Å². The van der Waals surface area contributed by atoms with Gasteiger partial charge in [0.05, 0.1) is 0 Å². The third kappa shape index (κ3) is 8.62. The highest BCUT2D eigenvalue weighted by Gasteiger charge is 2.28. The van der Waals surface area contributed by atoms with Crippen LogP contribution in [0.25, 0.3) is 0 Å². The van der Waals surface area contributed by atoms with Gasteiger partial charge >= 0.3 is 0 Å². The van der Waals surface area contributed by atoms with Crippen LogP contribution in [0.1, 0.15) is 59.1 Å². The normalized spacial score (nSPS) is 17.4. The topological polar surface area (TPSA) is 78.2 Å². The van der Waals surface area contributed by atoms with Crippen LogP contribution in [0.5, 0.6) is 5.88 Å². The molecule has 1 fully saturated rings. The highest BCUT2D eigenvalue weighted by molar-refractivity contribution is 5.16. The Hall–Kier alpha value is -1.63. The summed E-state index contributed by atoms with van der Waals surface area (Å²) >= 11 is 0. The van der Waals surface area contributed by atoms with E-state index in [1.807, 2.05) is 0 Å². The molecule has 0 aromatic carbocycles. The van der Waals surface area contributed by atoms with Crippen LogP contribution in [0.3, 0.4) is 0 Å². The lowest BCUT2D eigenvalue weighted by molar-refractivity contribution is -0.620. The summed E-state index contributed by atoms with van der Waals surface area (Å²) < 4.78 is 8.00. The molecule has 1 N–H and O–H groups in total. The Morgan fingerprint density at radius 2 is 1.97 bits per heavy atom. The lowest BCUT2D eigenvalue weighted by atomic mass is 9.75. The first-order valence-corrected chi connectivity index (χ1v) is 10.8. The minimum absolute atomic E-state index is 0.0804. The molecule has 2 aliphatic rings. The number of hydrogen-bond acceptors (Lipinski definition) is 7. The van der Waals surface area contributed by atoms with E-state index in [0.29, 0.717) is 5.41 Å². The predicted molar refractivity (Wildman–Crippen MR) is 113 cm³/mol. The van der Waals surface area contributed by atoms with E-state index in [1.165, 1.54) is 44.5 Å². The monoisotopic (exact) mass is 423 g/mol. The van der Waals surface area contributed by atoms with Gasteiger partial charge in [-0.2, -0.15) is 4.89 Å². The van der Waals surface area contributed by atoms with E-state index in [2.05, 4.69) is 68.3 Å². The number of nitrogens with zero attached hydrogens (tertiary/aromatic N) is 3. The van der Waals surface area contributed by atoms with Crippen molar-refractivity contribution in [1.29, 1.82) is 0 Å². The summed E-state index contributed by atoms with van der Waals surface area (Å²) in [6, 6.07) is 2.13. The summed E-state index contributed by atoms with van der Waals surface area (Å²) in [5.41, 5.74) is 1.80. The third-order valence-electron chi connectivity index (χ3n) is 5.75. The first-order valence-electron chi connectivity index (χ1n) is 10.8. The van der Waals surface area contributed by atoms with E-state index in [0.717, 1.165) is 37.9 Å². The zero-order chi connectivity index (χ0) is 21.8. The molecule has 170 valence electrons. The van der Waals surface area contributed by atoms with Gasteiger partial charge in [-0.25, -0.2) is 5.26 Å². The summed E-state index contributed by atoms with van der Waals surface area (Å²) in [6.07, 6.45) is 6.33. The van der Waals surface area contributed by atoms with E-state index in [-0.39, 0.29) is 6.61 Å². The molecule has 0 atom stereocenters. The van der Waals surface area contributed by atoms with Crippen molar-refractivity contribution in [2.45, 2.75) is 66.3 Å². The van der Waals surface area contributed by atoms with Gasteiger partial charge in [-0.3, -0.25) is 9.58 Å². The van der Waals surface area contributed by atoms with Gasteiger partial charge in [0.1, 0.15) is 13.2 Å². The second-order valence-electron chi connectivity index (χ2n) is 8.82. The zero-order valence-electron chi connectivity index (χ0n) is 18.9. The molecule has 3 heterocycles. The summed E-state index contributed by atoms with van der Waals surface area (Å²) in [7, 11) is 0. The van der Waals surface area contributed by atoms with Crippen molar-refractivity contribution in [3.05, 3.63) is 11.8 Å². The second-order valence-corrected chi connectivity index (χ2v) is 8.82. The Morgan fingerprint density at radius 1 is 1.20 bits per heavy atom. The van der Waals surface area contributed by atoms with Crippen LogP contribution in [0, 0.1) is 23.2 Å². The Kier molecular flexibility index (Phi) is 10.6. The van der Waals surface area contributed by atoms with Crippen molar-refractivity contribution in [3.8, 4) is 17.7 Å². The van der Waals surface area contributed by atoms with Gasteiger partial charge in [0.15, 0.2) is 0 Å². The molecule has 0 bridgehead atoms. The van der Waals surface area contributed by atoms with Crippen molar-refractivity contribution in [2.75, 3.05) is 32.8 Å². The molecule has 8 nitrogen and oxygen atoms in total. The molecule has 1 aromatic rings. The molecule has 0 aliphatic carbocycles. The van der Waals surface area contributed by atoms with Crippen molar-refractivity contribution < 1.29 is 25.0 Å². The summed E-state index contributed by atoms with van der Waals surface area (Å²) in [4.78, 5) is 6.62. The van der Waals surface area contributed by atoms with Gasteiger partial charge in [0.25, 0.3) is 0 Å². The summed E-state index contributed by atoms with van der Waals surface area (Å²) in [5.74, 6) is 6.72. The smallest absolute Gasteiger partial charge is 0.233 e. The quantitative estimate of drug-likeness (QED) is 0.310. The van der Waals surface area contributed by atoms with E-state index in [9.17, 15) is 0 Å². The fourth-order valence-corrected chi connectivity index (χ4v) is 3.91. The fraction of sp³-hybridized carbons (Fsp3) is 0.773. The molecule has 1 saturated heterocycles. The Morgan fingerprint density at radius 3 is 2.60 bits per heavy atom. The van der Waals surface area contributed by atoms with Crippen LogP contribution < -0.4 is 4.74 Å². The Balaban J connectivity index is 0.000000343. The van der Waals surface area contributed by atoms with Gasteiger partial charge < -0.3 is 4.74 Å². The average molecular weight is 424 g/mol. The molecule has 2 aliphatic heterocycles. The Bertz CT molecular complexity index is 643. The van der Waals surface area contributed by atoms with E-state index < -0.39 is 0 Å². The SMILES string of the molecule is CC#CCOOOO.CC(C)(C)C1CCN(CCOc2cc3n(n2)CCCC3)CC1. The maximum Gasteiger partial charge on any atom is 0.233 e. The molecule has 0 saturated carbocycles. The second kappa shape index (κ2) is 12.9. The van der Waals surface area contributed by atoms with Crippen molar-refractivity contribution >= 4 is 0 Å². The first kappa shape index (κ1) is 24.6. The van der Waals surface area contributed by atoms with Gasteiger partial charge in [0, 0.05) is 24.8 Å². The highest BCUT2D eigenvalue weighted by Crippen LogP contribution is 2.34. The lowest BCUT2D eigenvalue weighted by Gasteiger charge is -2.38. The molecule has 0 radical (unpaired) electrons. The molecule has 3 rings (SSSR count). The number of aryl methyl sites for hydroxylation is 2. The number of likely N-dealkylation sites (tertiary alicyclic amines) is 1. The molecular weight excluding hydrogens is 386 g/mol. The van der Waals surface area contributed by atoms with Crippen molar-refractivity contribution in [2.24, 2.45) is 11.3 Å². The first-order chi connectivity index (χ1) is 14.4. The zero-order valence-corrected chi connectivity index (χ0v) is 18.9. The van der Waals surface area contributed by atoms with E-state index in [1.54, 1.807) is 6.92 Å². The fourth-order valence-electron chi connectivity index (χ4n) is 3.91. The maximum atomic E-state index is 7.47. The van der Waals surface area contributed by atoms with E-state index in [4.69, 9.17) is 9.99 Å². The average Bonchev–Trinajstić information content (AvgIpc) is 3.14. The van der Waals surface area contributed by atoms with E-state index >= 15 is 0 Å². The van der Waals surface area contributed by atoms with Crippen LogP contribution in [0.4, 0.5) is 0 Å². The minimum atomic E-state index is 0.0804. The molecule has 0 unspecified atom stereocenters. The predicted octanol–water partition coefficient (Wildman–Crippen LogP) is 3.72. The maximum absolute atomic E-state index is 7.47. The molecule has 0 spiro atoms. The summed E-state index contributed by atoms with van der Waals surface area (Å²) in [5, 5.41) is 18.7. The molecule has 8 heteroatoms. The van der Waals surface area contributed by atoms with Crippen LogP contribution in [0.15, 0.2) is 6.07 Å². The van der Waals surface area contributed by atoms with Crippen molar-refractivity contribution in [3.63, 3.8) is 0 Å². The molecule has 30 heavy (non-hydrogen) atoms. The van der Waals surface area contributed by atoms with Gasteiger partial charge in [-0.15, -0.1) is 11.0 Å². The number of piperidine rings is 1. The van der Waals surface area contributed by atoms with Crippen LogP contribution in [-0.2, 0) is 27.9 Å². The van der Waals surface area contributed by atoms with Gasteiger partial charge in [0.2, 0.25) is 5.88 Å². The molecule has 1 aromatic heterocycles. The summed E-state index contributed by atoms with van der Waals surface area (Å²) in [6.45, 7) is 14.1. The molecular formula is C22H37N3O5. The largest absolute Gasteiger partial charge is 0.475 e. The number of hydrogen-bond donors (Lipinski definition) is 1. The lowest BCUT2D eigenvalue weighted by Crippen LogP contribution is -2.39. The number of fused-ring (bicyclic) bond motifs is 1. The number of rotatable bonds is 7. The highest BCUT2D eigenvalue weighted by atomic mass is 17.6. The van der Waals surface area contributed by atoms with Crippen LogP contribution in [-0.4, -0.2) is 52.8 Å². The van der Waals surface area contributed by atoms with Crippen LogP contribution in [0.2, 0.25) is 0 Å². The number of ether oxygens (including phenoxy) is 1.